The zero-order valence-corrected chi connectivity index (χ0v) is 20.0. The van der Waals surface area contributed by atoms with Gasteiger partial charge in [0.15, 0.2) is 17.1 Å². The molecule has 1 atom stereocenters. The summed E-state index contributed by atoms with van der Waals surface area (Å²) in [5.41, 5.74) is 2.29. The summed E-state index contributed by atoms with van der Waals surface area (Å²) in [4.78, 5) is 24.1. The van der Waals surface area contributed by atoms with Crippen LogP contribution in [-0.2, 0) is 23.0 Å². The number of hydrogen-bond donors (Lipinski definition) is 1. The van der Waals surface area contributed by atoms with Crippen molar-refractivity contribution in [3.8, 4) is 5.75 Å². The average Bonchev–Trinajstić information content (AvgIpc) is 3.19. The normalized spacial score (nSPS) is 11.6. The van der Waals surface area contributed by atoms with E-state index in [0.717, 1.165) is 12.2 Å². The number of nitrogens with zero attached hydrogens (tertiary/aromatic N) is 3. The second-order valence-corrected chi connectivity index (χ2v) is 8.23. The van der Waals surface area contributed by atoms with Gasteiger partial charge in [0.1, 0.15) is 5.75 Å². The van der Waals surface area contributed by atoms with Crippen LogP contribution < -0.4 is 10.1 Å². The van der Waals surface area contributed by atoms with Gasteiger partial charge in [0, 0.05) is 12.7 Å². The van der Waals surface area contributed by atoms with Crippen LogP contribution >= 0.6 is 11.8 Å². The smallest absolute Gasteiger partial charge is 0.338 e. The number of rotatable bonds is 10. The molecular weight excluding hydrogens is 440 g/mol. The highest BCUT2D eigenvalue weighted by molar-refractivity contribution is 7.99. The molecule has 0 saturated heterocycles. The van der Waals surface area contributed by atoms with Crippen LogP contribution in [0, 0.1) is 0 Å². The van der Waals surface area contributed by atoms with Crippen LogP contribution in [0.3, 0.4) is 0 Å². The van der Waals surface area contributed by atoms with E-state index in [9.17, 15) is 9.59 Å². The SMILES string of the molecule is CCOC(=O)c1ccc(NC(=O)CSc2nnc([C@H](C)Oc3ccc(CC)cc3)n2C)cc1. The molecule has 0 aliphatic heterocycles. The molecule has 1 amide bonds. The molecule has 0 fully saturated rings. The maximum atomic E-state index is 12.3. The predicted octanol–water partition coefficient (Wildman–Crippen LogP) is 4.43. The molecule has 0 aliphatic carbocycles. The number of nitrogens with one attached hydrogen (secondary N) is 1. The van der Waals surface area contributed by atoms with Gasteiger partial charge in [-0.05, 0) is 62.2 Å². The van der Waals surface area contributed by atoms with Gasteiger partial charge in [0.2, 0.25) is 5.91 Å². The van der Waals surface area contributed by atoms with Crippen molar-refractivity contribution in [3.63, 3.8) is 0 Å². The minimum absolute atomic E-state index is 0.166. The summed E-state index contributed by atoms with van der Waals surface area (Å²) in [6.45, 7) is 6.09. The van der Waals surface area contributed by atoms with Gasteiger partial charge >= 0.3 is 5.97 Å². The van der Waals surface area contributed by atoms with Crippen LogP contribution in [0.1, 0.15) is 48.6 Å². The van der Waals surface area contributed by atoms with Gasteiger partial charge in [0.05, 0.1) is 17.9 Å². The summed E-state index contributed by atoms with van der Waals surface area (Å²) in [5, 5.41) is 11.9. The Hall–Kier alpha value is -3.33. The molecule has 0 bridgehead atoms. The molecule has 8 nitrogen and oxygen atoms in total. The Morgan fingerprint density at radius 3 is 2.39 bits per heavy atom. The number of hydrogen-bond acceptors (Lipinski definition) is 7. The van der Waals surface area contributed by atoms with Crippen molar-refractivity contribution < 1.29 is 19.1 Å². The van der Waals surface area contributed by atoms with Crippen molar-refractivity contribution in [3.05, 3.63) is 65.5 Å². The molecule has 33 heavy (non-hydrogen) atoms. The monoisotopic (exact) mass is 468 g/mol. The standard InChI is InChI=1S/C24H28N4O4S/c1-5-17-7-13-20(14-8-17)32-16(3)22-26-27-24(28(22)4)33-15-21(29)25-19-11-9-18(10-12-19)23(30)31-6-2/h7-14,16H,5-6,15H2,1-4H3,(H,25,29)/t16-/m0/s1. The van der Waals surface area contributed by atoms with Crippen molar-refractivity contribution >= 4 is 29.3 Å². The molecule has 2 aromatic carbocycles. The molecule has 9 heteroatoms. The molecule has 3 rings (SSSR count). The van der Waals surface area contributed by atoms with E-state index in [1.165, 1.54) is 17.3 Å². The summed E-state index contributed by atoms with van der Waals surface area (Å²) in [7, 11) is 1.85. The molecule has 0 aliphatic rings. The van der Waals surface area contributed by atoms with E-state index in [0.29, 0.717) is 28.8 Å². The lowest BCUT2D eigenvalue weighted by molar-refractivity contribution is -0.113. The second kappa shape index (κ2) is 11.5. The summed E-state index contributed by atoms with van der Waals surface area (Å²) in [6.07, 6.45) is 0.683. The molecule has 1 heterocycles. The number of amides is 1. The Balaban J connectivity index is 1.53. The topological polar surface area (TPSA) is 95.3 Å². The van der Waals surface area contributed by atoms with Gasteiger partial charge in [-0.2, -0.15) is 0 Å². The van der Waals surface area contributed by atoms with E-state index in [1.807, 2.05) is 42.8 Å². The van der Waals surface area contributed by atoms with Crippen LogP contribution in [0.15, 0.2) is 53.7 Å². The zero-order valence-electron chi connectivity index (χ0n) is 19.2. The summed E-state index contributed by atoms with van der Waals surface area (Å²) in [5.74, 6) is 1.03. The molecule has 174 valence electrons. The highest BCUT2D eigenvalue weighted by Gasteiger charge is 2.18. The quantitative estimate of drug-likeness (QED) is 0.347. The minimum Gasteiger partial charge on any atom is -0.483 e. The van der Waals surface area contributed by atoms with Crippen molar-refractivity contribution in [2.24, 2.45) is 7.05 Å². The molecule has 1 aromatic heterocycles. The minimum atomic E-state index is -0.389. The van der Waals surface area contributed by atoms with Crippen LogP contribution in [0.25, 0.3) is 0 Å². The molecule has 0 saturated carbocycles. The fraction of sp³-hybridized carbons (Fsp3) is 0.333. The van der Waals surface area contributed by atoms with Crippen LogP contribution in [0.4, 0.5) is 5.69 Å². The molecule has 0 radical (unpaired) electrons. The van der Waals surface area contributed by atoms with Gasteiger partial charge in [-0.15, -0.1) is 10.2 Å². The first kappa shape index (κ1) is 24.3. The summed E-state index contributed by atoms with van der Waals surface area (Å²) in [6, 6.07) is 14.6. The molecule has 0 spiro atoms. The summed E-state index contributed by atoms with van der Waals surface area (Å²) < 4.78 is 12.8. The number of aromatic nitrogens is 3. The number of aryl methyl sites for hydroxylation is 1. The predicted molar refractivity (Wildman–Crippen MR) is 128 cm³/mol. The van der Waals surface area contributed by atoms with Crippen LogP contribution in [-0.4, -0.2) is 39.0 Å². The first-order valence-corrected chi connectivity index (χ1v) is 11.7. The van der Waals surface area contributed by atoms with E-state index in [4.69, 9.17) is 9.47 Å². The number of benzene rings is 2. The lowest BCUT2D eigenvalue weighted by Crippen LogP contribution is -2.15. The summed E-state index contributed by atoms with van der Waals surface area (Å²) >= 11 is 1.29. The van der Waals surface area contributed by atoms with Gasteiger partial charge < -0.3 is 19.4 Å². The van der Waals surface area contributed by atoms with E-state index >= 15 is 0 Å². The largest absolute Gasteiger partial charge is 0.483 e. The Morgan fingerprint density at radius 1 is 1.06 bits per heavy atom. The fourth-order valence-electron chi connectivity index (χ4n) is 3.10. The van der Waals surface area contributed by atoms with Crippen LogP contribution in [0.2, 0.25) is 0 Å². The van der Waals surface area contributed by atoms with Crippen molar-refractivity contribution in [1.29, 1.82) is 0 Å². The van der Waals surface area contributed by atoms with Gasteiger partial charge in [0.25, 0.3) is 0 Å². The van der Waals surface area contributed by atoms with E-state index < -0.39 is 0 Å². The lowest BCUT2D eigenvalue weighted by atomic mass is 10.2. The Bertz CT molecular complexity index is 1080. The molecular formula is C24H28N4O4S. The number of ether oxygens (including phenoxy) is 2. The number of carbonyl (C=O) groups excluding carboxylic acids is 2. The first-order chi connectivity index (χ1) is 15.9. The van der Waals surface area contributed by atoms with E-state index in [1.54, 1.807) is 31.2 Å². The highest BCUT2D eigenvalue weighted by atomic mass is 32.2. The third kappa shape index (κ3) is 6.58. The zero-order chi connectivity index (χ0) is 23.8. The van der Waals surface area contributed by atoms with Crippen molar-refractivity contribution in [2.75, 3.05) is 17.7 Å². The number of esters is 1. The third-order valence-electron chi connectivity index (χ3n) is 4.89. The van der Waals surface area contributed by atoms with Crippen molar-refractivity contribution in [1.82, 2.24) is 14.8 Å². The van der Waals surface area contributed by atoms with E-state index in [-0.39, 0.29) is 23.7 Å². The van der Waals surface area contributed by atoms with Gasteiger partial charge in [-0.25, -0.2) is 4.79 Å². The Morgan fingerprint density at radius 2 is 1.76 bits per heavy atom. The number of thioether (sulfide) groups is 1. The maximum absolute atomic E-state index is 12.3. The number of anilines is 1. The van der Waals surface area contributed by atoms with Gasteiger partial charge in [-0.1, -0.05) is 30.8 Å². The molecule has 0 unspecified atom stereocenters. The highest BCUT2D eigenvalue weighted by Crippen LogP contribution is 2.24. The van der Waals surface area contributed by atoms with E-state index in [2.05, 4.69) is 22.4 Å². The Kier molecular flexibility index (Phi) is 8.48. The third-order valence-corrected chi connectivity index (χ3v) is 5.91. The average molecular weight is 469 g/mol. The molecule has 3 aromatic rings. The molecule has 1 N–H and O–H groups in total. The first-order valence-electron chi connectivity index (χ1n) is 10.8. The van der Waals surface area contributed by atoms with Crippen LogP contribution in [0.5, 0.6) is 5.75 Å². The second-order valence-electron chi connectivity index (χ2n) is 7.29. The fourth-order valence-corrected chi connectivity index (χ4v) is 3.82. The number of carbonyl (C=O) groups is 2. The Labute approximate surface area is 197 Å². The van der Waals surface area contributed by atoms with Gasteiger partial charge in [-0.3, -0.25) is 4.79 Å². The van der Waals surface area contributed by atoms with Crippen molar-refractivity contribution in [2.45, 2.75) is 38.5 Å². The maximum Gasteiger partial charge on any atom is 0.338 e. The lowest BCUT2D eigenvalue weighted by Gasteiger charge is -2.14.